The molecule has 0 aliphatic heterocycles. The summed E-state index contributed by atoms with van der Waals surface area (Å²) in [5.74, 6) is 0. The van der Waals surface area contributed by atoms with E-state index in [1.54, 1.807) is 0 Å². The summed E-state index contributed by atoms with van der Waals surface area (Å²) in [6, 6.07) is 0. The van der Waals surface area contributed by atoms with Gasteiger partial charge in [0.2, 0.25) is 0 Å². The molecule has 1 aliphatic rings. The second-order valence-electron chi connectivity index (χ2n) is 6.43. The third-order valence-corrected chi connectivity index (χ3v) is 8.53. The Morgan fingerprint density at radius 3 is 2.29 bits per heavy atom. The number of hydrogen-bond donors (Lipinski definition) is 2. The van der Waals surface area contributed by atoms with Gasteiger partial charge in [0, 0.05) is 6.10 Å². The molecule has 0 aromatic rings. The molecule has 1 atom stereocenters. The molecule has 3 nitrogen and oxygen atoms in total. The second kappa shape index (κ2) is 5.26. The second-order valence-corrected chi connectivity index (χ2v) is 11.2. The summed E-state index contributed by atoms with van der Waals surface area (Å²) in [6.07, 6.45) is 4.61. The van der Waals surface area contributed by atoms with Gasteiger partial charge in [-0.2, -0.15) is 0 Å². The summed E-state index contributed by atoms with van der Waals surface area (Å²) in [5, 5.41) is 18.4. The molecule has 1 unspecified atom stereocenters. The molecular weight excluding hydrogens is 231 g/mol. The standard InChI is InChI=1S/C12H25BO3Si/c1-12(2,3)17(4,5)16-11-8-6-10(7-9-11)13(14)15/h6,11,14-15H,7-9H2,1-5H3. The van der Waals surface area contributed by atoms with E-state index < -0.39 is 15.4 Å². The Balaban J connectivity index is 2.57. The quantitative estimate of drug-likeness (QED) is 0.763. The highest BCUT2D eigenvalue weighted by Gasteiger charge is 2.39. The Morgan fingerprint density at radius 2 is 1.94 bits per heavy atom. The molecule has 0 saturated heterocycles. The molecule has 0 amide bonds. The van der Waals surface area contributed by atoms with Crippen molar-refractivity contribution in [3.63, 3.8) is 0 Å². The van der Waals surface area contributed by atoms with E-state index >= 15 is 0 Å². The highest BCUT2D eigenvalue weighted by Crippen LogP contribution is 2.38. The Bertz CT molecular complexity index is 295. The van der Waals surface area contributed by atoms with Gasteiger partial charge in [0.05, 0.1) is 0 Å². The van der Waals surface area contributed by atoms with Gasteiger partial charge >= 0.3 is 7.12 Å². The number of allylic oxidation sites excluding steroid dienone is 1. The minimum atomic E-state index is -1.70. The molecule has 0 fully saturated rings. The lowest BCUT2D eigenvalue weighted by molar-refractivity contribution is 0.169. The third kappa shape index (κ3) is 3.95. The zero-order valence-corrected chi connectivity index (χ0v) is 12.7. The minimum absolute atomic E-state index is 0.230. The van der Waals surface area contributed by atoms with Gasteiger partial charge in [-0.25, -0.2) is 0 Å². The molecule has 0 heterocycles. The van der Waals surface area contributed by atoms with Crippen LogP contribution in [-0.4, -0.2) is 31.6 Å². The van der Waals surface area contributed by atoms with Crippen molar-refractivity contribution in [1.82, 2.24) is 0 Å². The first kappa shape index (κ1) is 15.0. The van der Waals surface area contributed by atoms with Crippen LogP contribution in [0, 0.1) is 0 Å². The average Bonchev–Trinajstić information content (AvgIpc) is 2.16. The SMILES string of the molecule is CC(C)(C)[Si](C)(C)OC1CC=C(B(O)O)CC1. The molecule has 98 valence electrons. The van der Waals surface area contributed by atoms with E-state index in [9.17, 15) is 0 Å². The van der Waals surface area contributed by atoms with Crippen LogP contribution >= 0.6 is 0 Å². The van der Waals surface area contributed by atoms with Crippen molar-refractivity contribution in [3.05, 3.63) is 11.5 Å². The molecule has 0 aromatic heterocycles. The molecule has 17 heavy (non-hydrogen) atoms. The summed E-state index contributed by atoms with van der Waals surface area (Å²) >= 11 is 0. The summed E-state index contributed by atoms with van der Waals surface area (Å²) in [5.41, 5.74) is 0.736. The van der Waals surface area contributed by atoms with E-state index in [-0.39, 0.29) is 11.1 Å². The first-order valence-electron chi connectivity index (χ1n) is 6.36. The van der Waals surface area contributed by atoms with E-state index in [0.717, 1.165) is 24.7 Å². The van der Waals surface area contributed by atoms with Crippen LogP contribution in [-0.2, 0) is 4.43 Å². The van der Waals surface area contributed by atoms with Crippen LogP contribution in [0.5, 0.6) is 0 Å². The zero-order valence-electron chi connectivity index (χ0n) is 11.7. The Kier molecular flexibility index (Phi) is 4.63. The van der Waals surface area contributed by atoms with Crippen LogP contribution in [0.2, 0.25) is 18.1 Å². The number of hydrogen-bond acceptors (Lipinski definition) is 3. The fourth-order valence-electron chi connectivity index (χ4n) is 1.77. The van der Waals surface area contributed by atoms with Crippen molar-refractivity contribution in [3.8, 4) is 0 Å². The maximum atomic E-state index is 9.08. The monoisotopic (exact) mass is 256 g/mol. The maximum absolute atomic E-state index is 9.08. The van der Waals surface area contributed by atoms with Gasteiger partial charge in [-0.1, -0.05) is 26.8 Å². The highest BCUT2D eigenvalue weighted by molar-refractivity contribution is 6.74. The van der Waals surface area contributed by atoms with E-state index in [4.69, 9.17) is 14.5 Å². The molecular formula is C12H25BO3Si. The predicted molar refractivity (Wildman–Crippen MR) is 74.2 cm³/mol. The highest BCUT2D eigenvalue weighted by atomic mass is 28.4. The maximum Gasteiger partial charge on any atom is 0.483 e. The third-order valence-electron chi connectivity index (χ3n) is 4.00. The first-order chi connectivity index (χ1) is 7.63. The Labute approximate surface area is 106 Å². The van der Waals surface area contributed by atoms with Crippen LogP contribution in [0.25, 0.3) is 0 Å². The van der Waals surface area contributed by atoms with Crippen molar-refractivity contribution in [2.45, 2.75) is 64.3 Å². The molecule has 1 rings (SSSR count). The van der Waals surface area contributed by atoms with Gasteiger partial charge in [-0.15, -0.1) is 0 Å². The normalized spacial score (nSPS) is 22.3. The molecule has 0 aromatic carbocycles. The average molecular weight is 256 g/mol. The molecule has 0 saturated carbocycles. The first-order valence-corrected chi connectivity index (χ1v) is 9.27. The summed E-state index contributed by atoms with van der Waals surface area (Å²) in [7, 11) is -2.98. The summed E-state index contributed by atoms with van der Waals surface area (Å²) in [6.45, 7) is 11.2. The molecule has 0 radical (unpaired) electrons. The van der Waals surface area contributed by atoms with Crippen LogP contribution < -0.4 is 0 Å². The van der Waals surface area contributed by atoms with E-state index in [2.05, 4.69) is 33.9 Å². The smallest absolute Gasteiger partial charge is 0.423 e. The fraction of sp³-hybridized carbons (Fsp3) is 0.833. The van der Waals surface area contributed by atoms with Crippen LogP contribution in [0.3, 0.4) is 0 Å². The molecule has 2 N–H and O–H groups in total. The predicted octanol–water partition coefficient (Wildman–Crippen LogP) is 2.50. The van der Waals surface area contributed by atoms with Crippen molar-refractivity contribution in [1.29, 1.82) is 0 Å². The van der Waals surface area contributed by atoms with E-state index in [1.807, 2.05) is 6.08 Å². The Hall–Kier alpha value is -0.0982. The topological polar surface area (TPSA) is 49.7 Å². The minimum Gasteiger partial charge on any atom is -0.423 e. The van der Waals surface area contributed by atoms with E-state index in [0.29, 0.717) is 0 Å². The van der Waals surface area contributed by atoms with Crippen LogP contribution in [0.1, 0.15) is 40.0 Å². The van der Waals surface area contributed by atoms with Crippen molar-refractivity contribution < 1.29 is 14.5 Å². The van der Waals surface area contributed by atoms with E-state index in [1.165, 1.54) is 0 Å². The van der Waals surface area contributed by atoms with Gasteiger partial charge < -0.3 is 14.5 Å². The van der Waals surface area contributed by atoms with Crippen molar-refractivity contribution >= 4 is 15.4 Å². The van der Waals surface area contributed by atoms with Gasteiger partial charge in [0.15, 0.2) is 8.32 Å². The van der Waals surface area contributed by atoms with Gasteiger partial charge in [0.1, 0.15) is 0 Å². The van der Waals surface area contributed by atoms with Crippen LogP contribution in [0.4, 0.5) is 0 Å². The zero-order chi connectivity index (χ0) is 13.3. The van der Waals surface area contributed by atoms with Crippen LogP contribution in [0.15, 0.2) is 11.5 Å². The molecule has 5 heteroatoms. The lowest BCUT2D eigenvalue weighted by Gasteiger charge is -2.40. The lowest BCUT2D eigenvalue weighted by Crippen LogP contribution is -2.44. The molecule has 0 spiro atoms. The van der Waals surface area contributed by atoms with Crippen molar-refractivity contribution in [2.24, 2.45) is 0 Å². The largest absolute Gasteiger partial charge is 0.483 e. The number of rotatable bonds is 3. The summed E-state index contributed by atoms with van der Waals surface area (Å²) < 4.78 is 6.30. The molecule has 0 bridgehead atoms. The molecule has 1 aliphatic carbocycles. The van der Waals surface area contributed by atoms with Gasteiger partial charge in [0.25, 0.3) is 0 Å². The fourth-order valence-corrected chi connectivity index (χ4v) is 3.17. The van der Waals surface area contributed by atoms with Crippen molar-refractivity contribution in [2.75, 3.05) is 0 Å². The van der Waals surface area contributed by atoms with Gasteiger partial charge in [-0.05, 0) is 42.9 Å². The Morgan fingerprint density at radius 1 is 1.35 bits per heavy atom. The summed E-state index contributed by atoms with van der Waals surface area (Å²) in [4.78, 5) is 0. The lowest BCUT2D eigenvalue weighted by atomic mass is 9.73. The van der Waals surface area contributed by atoms with Gasteiger partial charge in [-0.3, -0.25) is 0 Å².